The molecule has 2 rings (SSSR count). The molecule has 0 radical (unpaired) electrons. The van der Waals surface area contributed by atoms with Crippen molar-refractivity contribution in [1.29, 1.82) is 0 Å². The standard InChI is InChI=1S/C12H14ClN3S/c1-8-4-9(2-3-11(8)13)12(16-14)5-10-6-15-7-17-10/h2-4,6-7,12,16H,5,14H2,1H3. The van der Waals surface area contributed by atoms with Crippen LogP contribution in [0.1, 0.15) is 22.0 Å². The number of thiazole rings is 1. The molecular weight excluding hydrogens is 254 g/mol. The fourth-order valence-corrected chi connectivity index (χ4v) is 2.46. The molecule has 0 spiro atoms. The van der Waals surface area contributed by atoms with Gasteiger partial charge in [-0.05, 0) is 24.1 Å². The van der Waals surface area contributed by atoms with E-state index in [1.807, 2.05) is 30.8 Å². The highest BCUT2D eigenvalue weighted by atomic mass is 35.5. The molecule has 5 heteroatoms. The average Bonchev–Trinajstić information content (AvgIpc) is 2.82. The monoisotopic (exact) mass is 267 g/mol. The van der Waals surface area contributed by atoms with E-state index in [1.165, 1.54) is 4.88 Å². The molecule has 1 unspecified atom stereocenters. The third-order valence-corrected chi connectivity index (χ3v) is 3.90. The summed E-state index contributed by atoms with van der Waals surface area (Å²) in [5, 5.41) is 0.780. The summed E-state index contributed by atoms with van der Waals surface area (Å²) < 4.78 is 0. The smallest absolute Gasteiger partial charge is 0.0794 e. The van der Waals surface area contributed by atoms with E-state index in [0.717, 1.165) is 22.6 Å². The van der Waals surface area contributed by atoms with Crippen LogP contribution < -0.4 is 11.3 Å². The lowest BCUT2D eigenvalue weighted by molar-refractivity contribution is 0.555. The Morgan fingerprint density at radius 1 is 1.53 bits per heavy atom. The Balaban J connectivity index is 2.20. The van der Waals surface area contributed by atoms with E-state index in [-0.39, 0.29) is 6.04 Å². The van der Waals surface area contributed by atoms with Crippen molar-refractivity contribution in [3.63, 3.8) is 0 Å². The highest BCUT2D eigenvalue weighted by Gasteiger charge is 2.12. The summed E-state index contributed by atoms with van der Waals surface area (Å²) in [6.07, 6.45) is 2.71. The van der Waals surface area contributed by atoms with Gasteiger partial charge in [-0.2, -0.15) is 0 Å². The number of aromatic nitrogens is 1. The Hall–Kier alpha value is -0.940. The number of hydrogen-bond donors (Lipinski definition) is 2. The molecule has 1 aromatic carbocycles. The number of nitrogens with two attached hydrogens (primary N) is 1. The van der Waals surface area contributed by atoms with Gasteiger partial charge in [0.25, 0.3) is 0 Å². The van der Waals surface area contributed by atoms with Gasteiger partial charge in [-0.15, -0.1) is 11.3 Å². The molecule has 1 atom stereocenters. The SMILES string of the molecule is Cc1cc(C(Cc2cncs2)NN)ccc1Cl. The van der Waals surface area contributed by atoms with Crippen LogP contribution in [0.2, 0.25) is 5.02 Å². The van der Waals surface area contributed by atoms with Gasteiger partial charge in [0, 0.05) is 22.5 Å². The summed E-state index contributed by atoms with van der Waals surface area (Å²) >= 11 is 7.65. The number of hydrogen-bond acceptors (Lipinski definition) is 4. The number of aryl methyl sites for hydroxylation is 1. The van der Waals surface area contributed by atoms with Crippen LogP contribution in [0.15, 0.2) is 29.9 Å². The van der Waals surface area contributed by atoms with Gasteiger partial charge in [0.1, 0.15) is 0 Å². The van der Waals surface area contributed by atoms with Crippen molar-refractivity contribution in [1.82, 2.24) is 10.4 Å². The van der Waals surface area contributed by atoms with Crippen LogP contribution in [0.3, 0.4) is 0 Å². The van der Waals surface area contributed by atoms with Gasteiger partial charge in [0.15, 0.2) is 0 Å². The fourth-order valence-electron chi connectivity index (χ4n) is 1.70. The van der Waals surface area contributed by atoms with E-state index in [9.17, 15) is 0 Å². The molecule has 2 aromatic rings. The molecule has 0 aliphatic carbocycles. The molecule has 0 bridgehead atoms. The van der Waals surface area contributed by atoms with Crippen molar-refractivity contribution >= 4 is 22.9 Å². The summed E-state index contributed by atoms with van der Waals surface area (Å²) in [4.78, 5) is 5.27. The Kier molecular flexibility index (Phi) is 4.12. The van der Waals surface area contributed by atoms with E-state index >= 15 is 0 Å². The molecule has 90 valence electrons. The summed E-state index contributed by atoms with van der Waals surface area (Å²) in [6.45, 7) is 1.99. The predicted octanol–water partition coefficient (Wildman–Crippen LogP) is 2.85. The van der Waals surface area contributed by atoms with Crippen molar-refractivity contribution in [2.75, 3.05) is 0 Å². The van der Waals surface area contributed by atoms with Crippen LogP contribution >= 0.6 is 22.9 Å². The maximum absolute atomic E-state index is 6.01. The van der Waals surface area contributed by atoms with Crippen LogP contribution in [0, 0.1) is 6.92 Å². The lowest BCUT2D eigenvalue weighted by atomic mass is 10.0. The molecule has 1 heterocycles. The molecule has 0 aliphatic rings. The van der Waals surface area contributed by atoms with Gasteiger partial charge < -0.3 is 0 Å². The first-order chi connectivity index (χ1) is 8.20. The number of benzene rings is 1. The second kappa shape index (κ2) is 5.60. The normalized spacial score (nSPS) is 12.6. The Bertz CT molecular complexity index is 485. The van der Waals surface area contributed by atoms with Crippen molar-refractivity contribution in [3.8, 4) is 0 Å². The zero-order valence-corrected chi connectivity index (χ0v) is 11.1. The van der Waals surface area contributed by atoms with E-state index < -0.39 is 0 Å². The quantitative estimate of drug-likeness (QED) is 0.662. The summed E-state index contributed by atoms with van der Waals surface area (Å²) in [5.41, 5.74) is 6.87. The maximum Gasteiger partial charge on any atom is 0.0794 e. The fraction of sp³-hybridized carbons (Fsp3) is 0.250. The second-order valence-electron chi connectivity index (χ2n) is 3.90. The molecule has 0 aliphatic heterocycles. The molecule has 3 nitrogen and oxygen atoms in total. The van der Waals surface area contributed by atoms with Crippen molar-refractivity contribution in [2.24, 2.45) is 5.84 Å². The highest BCUT2D eigenvalue weighted by molar-refractivity contribution is 7.09. The van der Waals surface area contributed by atoms with E-state index in [4.69, 9.17) is 17.4 Å². The second-order valence-corrected chi connectivity index (χ2v) is 5.28. The molecule has 3 N–H and O–H groups in total. The minimum atomic E-state index is 0.0893. The molecule has 1 aromatic heterocycles. The summed E-state index contributed by atoms with van der Waals surface area (Å²) in [6, 6.07) is 6.06. The van der Waals surface area contributed by atoms with Gasteiger partial charge in [-0.3, -0.25) is 16.3 Å². The average molecular weight is 268 g/mol. The Morgan fingerprint density at radius 3 is 2.94 bits per heavy atom. The first-order valence-corrected chi connectivity index (χ1v) is 6.56. The van der Waals surface area contributed by atoms with Gasteiger partial charge in [0.05, 0.1) is 11.6 Å². The highest BCUT2D eigenvalue weighted by Crippen LogP contribution is 2.24. The Labute approximate surface area is 110 Å². The topological polar surface area (TPSA) is 50.9 Å². The van der Waals surface area contributed by atoms with Crippen LogP contribution in [0.25, 0.3) is 0 Å². The minimum Gasteiger partial charge on any atom is -0.271 e. The predicted molar refractivity (Wildman–Crippen MR) is 72.1 cm³/mol. The molecule has 0 saturated heterocycles. The molecule has 0 saturated carbocycles. The summed E-state index contributed by atoms with van der Waals surface area (Å²) in [7, 11) is 0. The number of hydrazine groups is 1. The molecular formula is C12H14ClN3S. The van der Waals surface area contributed by atoms with E-state index in [2.05, 4.69) is 16.5 Å². The van der Waals surface area contributed by atoms with Gasteiger partial charge in [0.2, 0.25) is 0 Å². The number of nitrogens with zero attached hydrogens (tertiary/aromatic N) is 1. The van der Waals surface area contributed by atoms with E-state index in [1.54, 1.807) is 11.3 Å². The lowest BCUT2D eigenvalue weighted by Crippen LogP contribution is -2.29. The largest absolute Gasteiger partial charge is 0.271 e. The maximum atomic E-state index is 6.01. The van der Waals surface area contributed by atoms with Crippen molar-refractivity contribution < 1.29 is 0 Å². The van der Waals surface area contributed by atoms with Gasteiger partial charge in [-0.1, -0.05) is 23.7 Å². The van der Waals surface area contributed by atoms with Crippen LogP contribution in [-0.4, -0.2) is 4.98 Å². The lowest BCUT2D eigenvalue weighted by Gasteiger charge is -2.16. The third kappa shape index (κ3) is 3.04. The number of rotatable bonds is 4. The van der Waals surface area contributed by atoms with Crippen LogP contribution in [0.5, 0.6) is 0 Å². The molecule has 17 heavy (non-hydrogen) atoms. The first kappa shape index (κ1) is 12.5. The van der Waals surface area contributed by atoms with E-state index in [0.29, 0.717) is 0 Å². The van der Waals surface area contributed by atoms with Gasteiger partial charge in [-0.25, -0.2) is 0 Å². The van der Waals surface area contributed by atoms with Crippen LogP contribution in [-0.2, 0) is 6.42 Å². The summed E-state index contributed by atoms with van der Waals surface area (Å²) in [5.74, 6) is 5.61. The number of nitrogens with one attached hydrogen (secondary N) is 1. The van der Waals surface area contributed by atoms with Crippen molar-refractivity contribution in [2.45, 2.75) is 19.4 Å². The minimum absolute atomic E-state index is 0.0893. The van der Waals surface area contributed by atoms with Crippen LogP contribution in [0.4, 0.5) is 0 Å². The zero-order valence-electron chi connectivity index (χ0n) is 9.48. The first-order valence-electron chi connectivity index (χ1n) is 5.30. The molecule has 0 amide bonds. The third-order valence-electron chi connectivity index (χ3n) is 2.67. The number of halogens is 1. The zero-order chi connectivity index (χ0) is 12.3. The Morgan fingerprint density at radius 2 is 2.35 bits per heavy atom. The van der Waals surface area contributed by atoms with Crippen molar-refractivity contribution in [3.05, 3.63) is 50.9 Å². The molecule has 0 fully saturated rings. The van der Waals surface area contributed by atoms with Gasteiger partial charge >= 0.3 is 0 Å².